The Labute approximate surface area is 188 Å². The highest BCUT2D eigenvalue weighted by Gasteiger charge is 2.22. The van der Waals surface area contributed by atoms with Gasteiger partial charge < -0.3 is 14.1 Å². The smallest absolute Gasteiger partial charge is 0.253 e. The van der Waals surface area contributed by atoms with E-state index in [1.807, 2.05) is 61.7 Å². The lowest BCUT2D eigenvalue weighted by Gasteiger charge is -2.27. The van der Waals surface area contributed by atoms with Gasteiger partial charge in [0.15, 0.2) is 11.4 Å². The van der Waals surface area contributed by atoms with Crippen LogP contribution in [0.2, 0.25) is 0 Å². The van der Waals surface area contributed by atoms with Crippen molar-refractivity contribution in [2.24, 2.45) is 0 Å². The largest absolute Gasteiger partial charge is 0.450 e. The number of hydrogen-bond acceptors (Lipinski definition) is 8. The minimum absolute atomic E-state index is 0.508. The van der Waals surface area contributed by atoms with E-state index in [0.717, 1.165) is 52.0 Å². The second-order valence-corrected chi connectivity index (χ2v) is 8.42. The van der Waals surface area contributed by atoms with Gasteiger partial charge in [-0.25, -0.2) is 9.67 Å². The average molecular weight is 445 g/mol. The molecule has 0 atom stereocenters. The van der Waals surface area contributed by atoms with Crippen LogP contribution in [0, 0.1) is 6.92 Å². The SMILES string of the molecule is Cc1cc(-c2cc3nc(-n4ccc(-c5ccccc5)n4)nc(N4CCOCC4)c3o2)sn1. The molecular weight excluding hydrogens is 424 g/mol. The van der Waals surface area contributed by atoms with E-state index in [9.17, 15) is 0 Å². The minimum Gasteiger partial charge on any atom is -0.450 e. The number of aromatic nitrogens is 5. The van der Waals surface area contributed by atoms with Crippen LogP contribution >= 0.6 is 11.5 Å². The number of benzene rings is 1. The highest BCUT2D eigenvalue weighted by molar-refractivity contribution is 7.09. The third-order valence-electron chi connectivity index (χ3n) is 5.39. The molecule has 0 aliphatic carbocycles. The average Bonchev–Trinajstić information content (AvgIpc) is 3.59. The topological polar surface area (TPSA) is 82.1 Å². The van der Waals surface area contributed by atoms with Crippen molar-refractivity contribution in [1.82, 2.24) is 24.1 Å². The summed E-state index contributed by atoms with van der Waals surface area (Å²) in [5, 5.41) is 4.72. The lowest BCUT2D eigenvalue weighted by atomic mass is 10.2. The molecule has 1 saturated heterocycles. The quantitative estimate of drug-likeness (QED) is 0.408. The van der Waals surface area contributed by atoms with E-state index < -0.39 is 0 Å². The van der Waals surface area contributed by atoms with Crippen molar-refractivity contribution < 1.29 is 9.15 Å². The summed E-state index contributed by atoms with van der Waals surface area (Å²) < 4.78 is 17.9. The number of ether oxygens (including phenoxy) is 1. The van der Waals surface area contributed by atoms with Gasteiger partial charge in [-0.1, -0.05) is 30.3 Å². The molecular formula is C23H20N6O2S. The first-order valence-corrected chi connectivity index (χ1v) is 11.2. The summed E-state index contributed by atoms with van der Waals surface area (Å²) in [5.41, 5.74) is 4.30. The Morgan fingerprint density at radius 2 is 1.84 bits per heavy atom. The Hall–Kier alpha value is -3.56. The van der Waals surface area contributed by atoms with Crippen LogP contribution in [0.4, 0.5) is 5.82 Å². The molecule has 5 aromatic rings. The van der Waals surface area contributed by atoms with Gasteiger partial charge in [-0.2, -0.15) is 14.5 Å². The van der Waals surface area contributed by atoms with Crippen LogP contribution in [0.5, 0.6) is 0 Å². The monoisotopic (exact) mass is 444 g/mol. The summed E-state index contributed by atoms with van der Waals surface area (Å²) in [7, 11) is 0. The number of fused-ring (bicyclic) bond motifs is 1. The maximum Gasteiger partial charge on any atom is 0.253 e. The Bertz CT molecular complexity index is 1380. The lowest BCUT2D eigenvalue weighted by molar-refractivity contribution is 0.122. The summed E-state index contributed by atoms with van der Waals surface area (Å²) in [5.74, 6) is 2.02. The molecule has 32 heavy (non-hydrogen) atoms. The lowest BCUT2D eigenvalue weighted by Crippen LogP contribution is -2.37. The number of anilines is 1. The van der Waals surface area contributed by atoms with Crippen LogP contribution < -0.4 is 4.90 Å². The van der Waals surface area contributed by atoms with Gasteiger partial charge in [-0.15, -0.1) is 0 Å². The Balaban J connectivity index is 1.47. The van der Waals surface area contributed by atoms with E-state index in [1.54, 1.807) is 4.68 Å². The van der Waals surface area contributed by atoms with Crippen LogP contribution in [0.3, 0.4) is 0 Å². The zero-order valence-corrected chi connectivity index (χ0v) is 18.2. The van der Waals surface area contributed by atoms with Crippen molar-refractivity contribution in [2.75, 3.05) is 31.2 Å². The van der Waals surface area contributed by atoms with Crippen molar-refractivity contribution in [3.05, 3.63) is 60.4 Å². The molecule has 1 fully saturated rings. The zero-order chi connectivity index (χ0) is 21.5. The molecule has 1 aromatic carbocycles. The second kappa shape index (κ2) is 7.85. The molecule has 4 aromatic heterocycles. The summed E-state index contributed by atoms with van der Waals surface area (Å²) in [4.78, 5) is 12.8. The first-order valence-electron chi connectivity index (χ1n) is 10.4. The van der Waals surface area contributed by atoms with Crippen molar-refractivity contribution in [3.63, 3.8) is 0 Å². The molecule has 5 heterocycles. The molecule has 6 rings (SSSR count). The van der Waals surface area contributed by atoms with E-state index in [-0.39, 0.29) is 0 Å². The minimum atomic E-state index is 0.508. The number of rotatable bonds is 4. The van der Waals surface area contributed by atoms with Crippen LogP contribution in [-0.4, -0.2) is 50.4 Å². The first kappa shape index (κ1) is 19.1. The summed E-state index contributed by atoms with van der Waals surface area (Å²) in [6.45, 7) is 4.78. The summed E-state index contributed by atoms with van der Waals surface area (Å²) >= 11 is 1.42. The van der Waals surface area contributed by atoms with Gasteiger partial charge in [0.1, 0.15) is 11.3 Å². The Morgan fingerprint density at radius 1 is 1.00 bits per heavy atom. The molecule has 0 N–H and O–H groups in total. The molecule has 160 valence electrons. The molecule has 0 bridgehead atoms. The van der Waals surface area contributed by atoms with E-state index in [4.69, 9.17) is 24.2 Å². The van der Waals surface area contributed by atoms with Crippen molar-refractivity contribution in [3.8, 4) is 27.8 Å². The fourth-order valence-corrected chi connectivity index (χ4v) is 4.50. The van der Waals surface area contributed by atoms with E-state index in [2.05, 4.69) is 9.27 Å². The molecule has 1 aliphatic rings. The summed E-state index contributed by atoms with van der Waals surface area (Å²) in [6.07, 6.45) is 1.89. The Kier molecular flexibility index (Phi) is 4.70. The molecule has 1 aliphatic heterocycles. The molecule has 0 radical (unpaired) electrons. The van der Waals surface area contributed by atoms with Crippen LogP contribution in [0.25, 0.3) is 38.9 Å². The molecule has 9 heteroatoms. The predicted octanol–water partition coefficient (Wildman–Crippen LogP) is 4.34. The van der Waals surface area contributed by atoms with Gasteiger partial charge in [-0.3, -0.25) is 0 Å². The highest BCUT2D eigenvalue weighted by atomic mass is 32.1. The van der Waals surface area contributed by atoms with Crippen LogP contribution in [0.15, 0.2) is 59.1 Å². The number of furan rings is 1. The maximum absolute atomic E-state index is 6.25. The molecule has 0 spiro atoms. The first-order chi connectivity index (χ1) is 15.7. The van der Waals surface area contributed by atoms with Gasteiger partial charge in [0.2, 0.25) is 0 Å². The highest BCUT2D eigenvalue weighted by Crippen LogP contribution is 2.34. The molecule has 8 nitrogen and oxygen atoms in total. The number of hydrogen-bond donors (Lipinski definition) is 0. The molecule has 0 saturated carbocycles. The standard InChI is InChI=1S/C23H20N6O2S/c1-15-13-20(32-27-15)19-14-18-21(31-19)22(28-9-11-30-12-10-28)25-23(24-18)29-8-7-17(26-29)16-5-3-2-4-6-16/h2-8,13-14H,9-12H2,1H3. The third kappa shape index (κ3) is 3.45. The van der Waals surface area contributed by atoms with Crippen molar-refractivity contribution in [1.29, 1.82) is 0 Å². The molecule has 0 unspecified atom stereocenters. The van der Waals surface area contributed by atoms with Gasteiger partial charge in [0.05, 0.1) is 29.5 Å². The number of aryl methyl sites for hydroxylation is 1. The predicted molar refractivity (Wildman–Crippen MR) is 123 cm³/mol. The molecule has 0 amide bonds. The maximum atomic E-state index is 6.25. The van der Waals surface area contributed by atoms with Crippen LogP contribution in [0.1, 0.15) is 5.69 Å². The van der Waals surface area contributed by atoms with E-state index in [1.165, 1.54) is 11.5 Å². The van der Waals surface area contributed by atoms with Gasteiger partial charge in [0, 0.05) is 30.9 Å². The normalized spacial score (nSPS) is 14.3. The van der Waals surface area contributed by atoms with Crippen molar-refractivity contribution >= 4 is 28.5 Å². The Morgan fingerprint density at radius 3 is 2.62 bits per heavy atom. The number of morpholine rings is 1. The summed E-state index contributed by atoms with van der Waals surface area (Å²) in [6, 6.07) is 16.0. The van der Waals surface area contributed by atoms with Crippen LogP contribution in [-0.2, 0) is 4.74 Å². The van der Waals surface area contributed by atoms with Gasteiger partial charge >= 0.3 is 0 Å². The fraction of sp³-hybridized carbons (Fsp3) is 0.217. The van der Waals surface area contributed by atoms with Gasteiger partial charge in [0.25, 0.3) is 5.95 Å². The van der Waals surface area contributed by atoms with E-state index >= 15 is 0 Å². The second-order valence-electron chi connectivity index (χ2n) is 7.62. The van der Waals surface area contributed by atoms with Gasteiger partial charge in [-0.05, 0) is 30.6 Å². The fourth-order valence-electron chi connectivity index (χ4n) is 3.79. The van der Waals surface area contributed by atoms with Crippen molar-refractivity contribution in [2.45, 2.75) is 6.92 Å². The van der Waals surface area contributed by atoms with E-state index in [0.29, 0.717) is 24.7 Å². The third-order valence-corrected chi connectivity index (χ3v) is 6.28. The number of nitrogens with zero attached hydrogens (tertiary/aromatic N) is 6. The zero-order valence-electron chi connectivity index (χ0n) is 17.4.